The molecule has 1 aliphatic rings. The molecule has 0 saturated carbocycles. The number of hydrogen-bond acceptors (Lipinski definition) is 10. The maximum Gasteiger partial charge on any atom is 0.271 e. The molecule has 1 aromatic heterocycles. The topological polar surface area (TPSA) is 112 Å². The van der Waals surface area contributed by atoms with E-state index in [0.29, 0.717) is 27.5 Å². The first-order chi connectivity index (χ1) is 15.6. The third-order valence-electron chi connectivity index (χ3n) is 4.40. The summed E-state index contributed by atoms with van der Waals surface area (Å²) in [7, 11) is 1.63. The number of thioether (sulfide) groups is 1. The molecule has 0 saturated heterocycles. The van der Waals surface area contributed by atoms with Crippen LogP contribution in [0.3, 0.4) is 0 Å². The Kier molecular flexibility index (Phi) is 7.07. The van der Waals surface area contributed by atoms with Gasteiger partial charge in [0.15, 0.2) is 15.8 Å². The highest BCUT2D eigenvalue weighted by atomic mass is 32.2. The van der Waals surface area contributed by atoms with Gasteiger partial charge >= 0.3 is 0 Å². The van der Waals surface area contributed by atoms with Crippen molar-refractivity contribution < 1.29 is 23.8 Å². The standard InChI is InChI=1S/C21H20N4O5S2/c1-28-14-8-6-13(7-9-14)10-22-20-24-25-21(32-20)31-12-18(26)23-19(27)17-11-29-15-4-2-3-5-16(15)30-17/h2-9,17H,10-12H2,1H3,(H,22,24)(H,23,26,27)/t17-/m0/s1. The number of benzene rings is 2. The Morgan fingerprint density at radius 3 is 2.72 bits per heavy atom. The predicted molar refractivity (Wildman–Crippen MR) is 120 cm³/mol. The Morgan fingerprint density at radius 2 is 1.94 bits per heavy atom. The zero-order valence-corrected chi connectivity index (χ0v) is 18.7. The quantitative estimate of drug-likeness (QED) is 0.478. The number of fused-ring (bicyclic) bond motifs is 1. The second-order valence-corrected chi connectivity index (χ2v) is 8.84. The van der Waals surface area contributed by atoms with E-state index in [-0.39, 0.29) is 12.4 Å². The Hall–Kier alpha value is -3.31. The van der Waals surface area contributed by atoms with E-state index < -0.39 is 17.9 Å². The Morgan fingerprint density at radius 1 is 1.16 bits per heavy atom. The lowest BCUT2D eigenvalue weighted by Crippen LogP contribution is -2.46. The van der Waals surface area contributed by atoms with Crippen LogP contribution in [0, 0.1) is 0 Å². The zero-order valence-electron chi connectivity index (χ0n) is 17.1. The van der Waals surface area contributed by atoms with Gasteiger partial charge in [0.1, 0.15) is 12.4 Å². The van der Waals surface area contributed by atoms with Crippen molar-refractivity contribution in [2.75, 3.05) is 24.8 Å². The van der Waals surface area contributed by atoms with Crippen molar-refractivity contribution >= 4 is 40.0 Å². The number of aromatic nitrogens is 2. The first kappa shape index (κ1) is 21.9. The molecule has 2 heterocycles. The number of rotatable bonds is 8. The maximum absolute atomic E-state index is 12.3. The minimum absolute atomic E-state index is 0.0308. The predicted octanol–water partition coefficient (Wildman–Crippen LogP) is 2.73. The number of ether oxygens (including phenoxy) is 3. The molecule has 0 aliphatic carbocycles. The molecule has 1 aliphatic heterocycles. The molecule has 4 rings (SSSR count). The molecule has 2 aromatic carbocycles. The van der Waals surface area contributed by atoms with E-state index in [0.717, 1.165) is 11.3 Å². The molecule has 9 nitrogen and oxygen atoms in total. The summed E-state index contributed by atoms with van der Waals surface area (Å²) < 4.78 is 16.9. The van der Waals surface area contributed by atoms with E-state index in [9.17, 15) is 9.59 Å². The van der Waals surface area contributed by atoms with Gasteiger partial charge in [0.05, 0.1) is 12.9 Å². The highest BCUT2D eigenvalue weighted by molar-refractivity contribution is 8.01. The SMILES string of the molecule is COc1ccc(CNc2nnc(SCC(=O)NC(=O)[C@@H]3COc4ccccc4O3)s2)cc1. The smallest absolute Gasteiger partial charge is 0.271 e. The van der Waals surface area contributed by atoms with Gasteiger partial charge < -0.3 is 19.5 Å². The number of hydrogen-bond donors (Lipinski definition) is 2. The number of nitrogens with one attached hydrogen (secondary N) is 2. The molecular formula is C21H20N4O5S2. The van der Waals surface area contributed by atoms with Gasteiger partial charge in [-0.1, -0.05) is 47.4 Å². The minimum Gasteiger partial charge on any atom is -0.497 e. The van der Waals surface area contributed by atoms with Gasteiger partial charge in [0, 0.05) is 6.54 Å². The maximum atomic E-state index is 12.3. The summed E-state index contributed by atoms with van der Waals surface area (Å²) in [6.07, 6.45) is -0.880. The summed E-state index contributed by atoms with van der Waals surface area (Å²) in [5, 5.41) is 14.3. The summed E-state index contributed by atoms with van der Waals surface area (Å²) in [5.41, 5.74) is 1.07. The van der Waals surface area contributed by atoms with Crippen LogP contribution in [-0.4, -0.2) is 47.6 Å². The summed E-state index contributed by atoms with van der Waals surface area (Å²) in [4.78, 5) is 24.5. The third kappa shape index (κ3) is 5.68. The fourth-order valence-corrected chi connectivity index (χ4v) is 4.34. The molecule has 0 bridgehead atoms. The molecule has 166 valence electrons. The van der Waals surface area contributed by atoms with Crippen molar-refractivity contribution in [2.45, 2.75) is 17.0 Å². The number of imide groups is 1. The second kappa shape index (κ2) is 10.3. The van der Waals surface area contributed by atoms with E-state index in [2.05, 4.69) is 20.8 Å². The second-order valence-electron chi connectivity index (χ2n) is 6.64. The normalized spacial score (nSPS) is 14.5. The van der Waals surface area contributed by atoms with E-state index in [1.807, 2.05) is 30.3 Å². The van der Waals surface area contributed by atoms with E-state index >= 15 is 0 Å². The fourth-order valence-electron chi connectivity index (χ4n) is 2.79. The molecule has 0 spiro atoms. The van der Waals surface area contributed by atoms with E-state index in [4.69, 9.17) is 14.2 Å². The van der Waals surface area contributed by atoms with Gasteiger partial charge in [-0.2, -0.15) is 0 Å². The highest BCUT2D eigenvalue weighted by Crippen LogP contribution is 2.31. The molecule has 0 unspecified atom stereocenters. The number of carbonyl (C=O) groups excluding carboxylic acids is 2. The van der Waals surface area contributed by atoms with Crippen molar-refractivity contribution in [3.63, 3.8) is 0 Å². The van der Waals surface area contributed by atoms with Crippen molar-refractivity contribution in [1.82, 2.24) is 15.5 Å². The van der Waals surface area contributed by atoms with Crippen LogP contribution in [0.15, 0.2) is 52.9 Å². The minimum atomic E-state index is -0.880. The van der Waals surface area contributed by atoms with Crippen molar-refractivity contribution in [2.24, 2.45) is 0 Å². The summed E-state index contributed by atoms with van der Waals surface area (Å²) in [5.74, 6) is 0.903. The lowest BCUT2D eigenvalue weighted by atomic mass is 10.2. The Bertz CT molecular complexity index is 1090. The van der Waals surface area contributed by atoms with Gasteiger partial charge in [-0.05, 0) is 29.8 Å². The zero-order chi connectivity index (χ0) is 22.3. The van der Waals surface area contributed by atoms with Gasteiger partial charge in [-0.15, -0.1) is 10.2 Å². The third-order valence-corrected chi connectivity index (χ3v) is 6.41. The number of carbonyl (C=O) groups is 2. The monoisotopic (exact) mass is 472 g/mol. The molecule has 3 aromatic rings. The summed E-state index contributed by atoms with van der Waals surface area (Å²) in [6.45, 7) is 0.633. The lowest BCUT2D eigenvalue weighted by Gasteiger charge is -2.25. The number of amides is 2. The van der Waals surface area contributed by atoms with Crippen LogP contribution in [0.5, 0.6) is 17.2 Å². The van der Waals surface area contributed by atoms with Crippen LogP contribution >= 0.6 is 23.1 Å². The number of nitrogens with zero attached hydrogens (tertiary/aromatic N) is 2. The Balaban J connectivity index is 1.20. The van der Waals surface area contributed by atoms with Crippen LogP contribution in [0.2, 0.25) is 0 Å². The Labute approximate surface area is 192 Å². The first-order valence-corrected chi connectivity index (χ1v) is 11.5. The summed E-state index contributed by atoms with van der Waals surface area (Å²) >= 11 is 2.54. The number of methoxy groups -OCH3 is 1. The van der Waals surface area contributed by atoms with E-state index in [1.54, 1.807) is 25.3 Å². The highest BCUT2D eigenvalue weighted by Gasteiger charge is 2.28. The molecule has 1 atom stereocenters. The van der Waals surface area contributed by atoms with Crippen LogP contribution < -0.4 is 24.8 Å². The van der Waals surface area contributed by atoms with Gasteiger partial charge in [0.2, 0.25) is 17.1 Å². The average molecular weight is 473 g/mol. The molecule has 0 fully saturated rings. The van der Waals surface area contributed by atoms with Gasteiger partial charge in [-0.25, -0.2) is 0 Å². The molecule has 2 N–H and O–H groups in total. The molecule has 11 heteroatoms. The van der Waals surface area contributed by atoms with Gasteiger partial charge in [0.25, 0.3) is 5.91 Å². The fraction of sp³-hybridized carbons (Fsp3) is 0.238. The molecule has 2 amide bonds. The van der Waals surface area contributed by atoms with Crippen LogP contribution in [0.1, 0.15) is 5.56 Å². The number of para-hydroxylation sites is 2. The van der Waals surface area contributed by atoms with Crippen molar-refractivity contribution in [3.8, 4) is 17.2 Å². The number of anilines is 1. The first-order valence-electron chi connectivity index (χ1n) is 9.66. The van der Waals surface area contributed by atoms with Crippen LogP contribution in [-0.2, 0) is 16.1 Å². The van der Waals surface area contributed by atoms with Crippen LogP contribution in [0.25, 0.3) is 0 Å². The van der Waals surface area contributed by atoms with Crippen molar-refractivity contribution in [1.29, 1.82) is 0 Å². The molecular weight excluding hydrogens is 452 g/mol. The summed E-state index contributed by atoms with van der Waals surface area (Å²) in [6, 6.07) is 14.8. The van der Waals surface area contributed by atoms with Gasteiger partial charge in [-0.3, -0.25) is 14.9 Å². The van der Waals surface area contributed by atoms with E-state index in [1.165, 1.54) is 23.1 Å². The lowest BCUT2D eigenvalue weighted by molar-refractivity contribution is -0.135. The molecule has 32 heavy (non-hydrogen) atoms. The largest absolute Gasteiger partial charge is 0.497 e. The van der Waals surface area contributed by atoms with Crippen molar-refractivity contribution in [3.05, 3.63) is 54.1 Å². The molecule has 0 radical (unpaired) electrons. The van der Waals surface area contributed by atoms with Crippen LogP contribution in [0.4, 0.5) is 5.13 Å². The average Bonchev–Trinajstić information content (AvgIpc) is 3.29.